The van der Waals surface area contributed by atoms with Gasteiger partial charge in [-0.15, -0.1) is 0 Å². The molecular weight excluding hydrogens is 403 g/mol. The molecule has 0 saturated heterocycles. The summed E-state index contributed by atoms with van der Waals surface area (Å²) in [5.41, 5.74) is 2.73. The predicted molar refractivity (Wildman–Crippen MR) is 113 cm³/mol. The number of thiocarbonyl (C=S) groups is 1. The van der Waals surface area contributed by atoms with Crippen LogP contribution >= 0.6 is 35.4 Å². The molecule has 0 bridgehead atoms. The van der Waals surface area contributed by atoms with Gasteiger partial charge in [-0.2, -0.15) is 10.2 Å². The summed E-state index contributed by atoms with van der Waals surface area (Å²) in [6.45, 7) is 4.09. The fourth-order valence-electron chi connectivity index (χ4n) is 2.54. The van der Waals surface area contributed by atoms with Crippen molar-refractivity contribution in [2.75, 3.05) is 12.4 Å². The molecule has 0 atom stereocenters. The maximum atomic E-state index is 6.23. The Hall–Kier alpha value is -2.09. The predicted octanol–water partition coefficient (Wildman–Crippen LogP) is 4.28. The van der Waals surface area contributed by atoms with Crippen LogP contribution in [0.3, 0.4) is 0 Å². The van der Waals surface area contributed by atoms with E-state index in [1.807, 2.05) is 47.2 Å². The molecule has 0 fully saturated rings. The Labute approximate surface area is 173 Å². The fourth-order valence-corrected chi connectivity index (χ4v) is 3.19. The summed E-state index contributed by atoms with van der Waals surface area (Å²) in [4.78, 5) is 1.94. The molecular formula is C18H20Cl2N6S. The van der Waals surface area contributed by atoms with Crippen LogP contribution in [0.4, 0.5) is 5.69 Å². The van der Waals surface area contributed by atoms with Crippen molar-refractivity contribution in [1.82, 2.24) is 24.5 Å². The second-order valence-electron chi connectivity index (χ2n) is 6.11. The molecule has 2 heterocycles. The van der Waals surface area contributed by atoms with E-state index in [1.54, 1.807) is 16.9 Å². The maximum Gasteiger partial charge on any atom is 0.173 e. The minimum absolute atomic E-state index is 0.550. The van der Waals surface area contributed by atoms with Crippen LogP contribution in [0.15, 0.2) is 42.9 Å². The van der Waals surface area contributed by atoms with Crippen LogP contribution < -0.4 is 5.32 Å². The third-order valence-corrected chi connectivity index (χ3v) is 5.00. The van der Waals surface area contributed by atoms with E-state index in [2.05, 4.69) is 22.4 Å². The largest absolute Gasteiger partial charge is 0.346 e. The van der Waals surface area contributed by atoms with Gasteiger partial charge in [-0.05, 0) is 42.9 Å². The summed E-state index contributed by atoms with van der Waals surface area (Å²) in [6.07, 6.45) is 5.58. The molecule has 142 valence electrons. The van der Waals surface area contributed by atoms with Crippen LogP contribution in [-0.2, 0) is 19.6 Å². The highest BCUT2D eigenvalue weighted by molar-refractivity contribution is 7.80. The van der Waals surface area contributed by atoms with E-state index >= 15 is 0 Å². The number of anilines is 1. The molecule has 0 unspecified atom stereocenters. The van der Waals surface area contributed by atoms with Gasteiger partial charge in [0.2, 0.25) is 0 Å². The zero-order chi connectivity index (χ0) is 19.4. The van der Waals surface area contributed by atoms with E-state index in [0.29, 0.717) is 28.2 Å². The number of rotatable bonds is 6. The first kappa shape index (κ1) is 19.7. The molecule has 27 heavy (non-hydrogen) atoms. The van der Waals surface area contributed by atoms with Gasteiger partial charge in [0.1, 0.15) is 0 Å². The number of nitrogens with one attached hydrogen (secondary N) is 1. The van der Waals surface area contributed by atoms with Gasteiger partial charge < -0.3 is 10.2 Å². The van der Waals surface area contributed by atoms with E-state index in [9.17, 15) is 0 Å². The third-order valence-electron chi connectivity index (χ3n) is 4.00. The summed E-state index contributed by atoms with van der Waals surface area (Å²) in [6, 6.07) is 7.43. The Morgan fingerprint density at radius 1 is 1.26 bits per heavy atom. The van der Waals surface area contributed by atoms with Crippen molar-refractivity contribution in [3.8, 4) is 0 Å². The monoisotopic (exact) mass is 422 g/mol. The summed E-state index contributed by atoms with van der Waals surface area (Å²) in [5.74, 6) is 0. The minimum Gasteiger partial charge on any atom is -0.346 e. The summed E-state index contributed by atoms with van der Waals surface area (Å²) in [5, 5.41) is 13.9. The van der Waals surface area contributed by atoms with Gasteiger partial charge in [0.15, 0.2) is 5.11 Å². The van der Waals surface area contributed by atoms with Crippen molar-refractivity contribution in [1.29, 1.82) is 0 Å². The van der Waals surface area contributed by atoms with E-state index in [-0.39, 0.29) is 0 Å². The summed E-state index contributed by atoms with van der Waals surface area (Å²) < 4.78 is 3.69. The summed E-state index contributed by atoms with van der Waals surface area (Å²) >= 11 is 17.6. The molecule has 0 aliphatic carbocycles. The Morgan fingerprint density at radius 3 is 2.78 bits per heavy atom. The lowest BCUT2D eigenvalue weighted by Crippen LogP contribution is -2.30. The molecule has 0 aliphatic heterocycles. The van der Waals surface area contributed by atoms with E-state index in [1.165, 1.54) is 0 Å². The van der Waals surface area contributed by atoms with Crippen molar-refractivity contribution >= 4 is 46.2 Å². The lowest BCUT2D eigenvalue weighted by atomic mass is 10.2. The number of aryl methyl sites for hydroxylation is 1. The first-order valence-electron chi connectivity index (χ1n) is 8.45. The number of nitrogens with zero attached hydrogens (tertiary/aromatic N) is 5. The lowest BCUT2D eigenvalue weighted by molar-refractivity contribution is 0.492. The average Bonchev–Trinajstić information content (AvgIpc) is 3.26. The molecule has 3 rings (SSSR count). The fraction of sp³-hybridized carbons (Fsp3) is 0.278. The zero-order valence-corrected chi connectivity index (χ0v) is 17.4. The first-order chi connectivity index (χ1) is 12.9. The Morgan fingerprint density at radius 2 is 2.07 bits per heavy atom. The van der Waals surface area contributed by atoms with E-state index in [0.717, 1.165) is 23.5 Å². The molecule has 1 aromatic carbocycles. The summed E-state index contributed by atoms with van der Waals surface area (Å²) in [7, 11) is 1.93. The maximum absolute atomic E-state index is 6.23. The lowest BCUT2D eigenvalue weighted by Gasteiger charge is -2.19. The van der Waals surface area contributed by atoms with Gasteiger partial charge in [-0.3, -0.25) is 9.36 Å². The average molecular weight is 423 g/mol. The van der Waals surface area contributed by atoms with E-state index < -0.39 is 0 Å². The number of benzene rings is 1. The second kappa shape index (κ2) is 8.73. The van der Waals surface area contributed by atoms with Gasteiger partial charge in [-0.1, -0.05) is 29.3 Å². The molecule has 3 aromatic rings. The molecule has 0 amide bonds. The molecule has 1 N–H and O–H groups in total. The Balaban J connectivity index is 1.58. The molecule has 0 saturated carbocycles. The normalized spacial score (nSPS) is 10.8. The van der Waals surface area contributed by atoms with Crippen LogP contribution in [0.25, 0.3) is 0 Å². The van der Waals surface area contributed by atoms with Gasteiger partial charge in [-0.25, -0.2) is 0 Å². The topological polar surface area (TPSA) is 50.9 Å². The Kier molecular flexibility index (Phi) is 6.36. The standard InChI is InChI=1S/C18H20Cl2N6S/c1-3-25-7-6-15(23-25)11-24(2)18(27)22-16-9-21-26(12-16)10-13-4-5-14(19)8-17(13)20/h4-9,12H,3,10-11H2,1-2H3,(H,22,27). The van der Waals surface area contributed by atoms with Crippen LogP contribution in [-0.4, -0.2) is 36.6 Å². The third kappa shape index (κ3) is 5.22. The zero-order valence-electron chi connectivity index (χ0n) is 15.1. The van der Waals surface area contributed by atoms with Crippen LogP contribution in [0, 0.1) is 0 Å². The quantitative estimate of drug-likeness (QED) is 0.600. The van der Waals surface area contributed by atoms with Crippen molar-refractivity contribution in [2.45, 2.75) is 26.6 Å². The van der Waals surface area contributed by atoms with Crippen LogP contribution in [0.5, 0.6) is 0 Å². The number of aromatic nitrogens is 4. The molecule has 0 aliphatic rings. The molecule has 0 spiro atoms. The number of hydrogen-bond donors (Lipinski definition) is 1. The Bertz CT molecular complexity index is 936. The van der Waals surface area contributed by atoms with Crippen molar-refractivity contribution in [3.63, 3.8) is 0 Å². The number of halogens is 2. The minimum atomic E-state index is 0.550. The van der Waals surface area contributed by atoms with Gasteiger partial charge in [0.25, 0.3) is 0 Å². The number of hydrogen-bond acceptors (Lipinski definition) is 3. The highest BCUT2D eigenvalue weighted by atomic mass is 35.5. The highest BCUT2D eigenvalue weighted by Crippen LogP contribution is 2.22. The molecule has 0 radical (unpaired) electrons. The molecule has 6 nitrogen and oxygen atoms in total. The van der Waals surface area contributed by atoms with Crippen LogP contribution in [0.2, 0.25) is 10.0 Å². The van der Waals surface area contributed by atoms with Crippen molar-refractivity contribution in [3.05, 3.63) is 64.2 Å². The smallest absolute Gasteiger partial charge is 0.173 e. The van der Waals surface area contributed by atoms with Crippen molar-refractivity contribution < 1.29 is 0 Å². The highest BCUT2D eigenvalue weighted by Gasteiger charge is 2.10. The van der Waals surface area contributed by atoms with Crippen LogP contribution in [0.1, 0.15) is 18.2 Å². The van der Waals surface area contributed by atoms with Crippen molar-refractivity contribution in [2.24, 2.45) is 0 Å². The second-order valence-corrected chi connectivity index (χ2v) is 7.34. The van der Waals surface area contributed by atoms with Gasteiger partial charge >= 0.3 is 0 Å². The van der Waals surface area contributed by atoms with Gasteiger partial charge in [0.05, 0.1) is 30.7 Å². The van der Waals surface area contributed by atoms with Gasteiger partial charge in [0, 0.05) is 36.0 Å². The van der Waals surface area contributed by atoms with E-state index in [4.69, 9.17) is 35.4 Å². The molecule has 9 heteroatoms. The SMILES string of the molecule is CCn1ccc(CN(C)C(=S)Nc2cnn(Cc3ccc(Cl)cc3Cl)c2)n1. The molecule has 2 aromatic heterocycles. The first-order valence-corrected chi connectivity index (χ1v) is 9.62.